The van der Waals surface area contributed by atoms with E-state index in [4.69, 9.17) is 4.74 Å². The Morgan fingerprint density at radius 1 is 1.04 bits per heavy atom. The monoisotopic (exact) mass is 364 g/mol. The van der Waals surface area contributed by atoms with Crippen LogP contribution in [0.5, 0.6) is 5.75 Å². The van der Waals surface area contributed by atoms with E-state index in [0.717, 1.165) is 16.7 Å². The summed E-state index contributed by atoms with van der Waals surface area (Å²) in [6.45, 7) is 4.48. The maximum Gasteiger partial charge on any atom is 0.263 e. The Hall–Kier alpha value is -3.22. The highest BCUT2D eigenvalue weighted by atomic mass is 16.5. The van der Waals surface area contributed by atoms with E-state index in [2.05, 4.69) is 16.4 Å². The van der Waals surface area contributed by atoms with Gasteiger partial charge in [0.05, 0.1) is 19.3 Å². The predicted molar refractivity (Wildman–Crippen MR) is 99.4 cm³/mol. The minimum atomic E-state index is -0.787. The Morgan fingerprint density at radius 3 is 2.48 bits per heavy atom. The largest absolute Gasteiger partial charge is 0.497 e. The number of aryl methyl sites for hydroxylation is 2. The third kappa shape index (κ3) is 2.85. The van der Waals surface area contributed by atoms with Crippen LogP contribution in [0.15, 0.2) is 52.8 Å². The van der Waals surface area contributed by atoms with Crippen molar-refractivity contribution in [1.29, 1.82) is 0 Å². The molecule has 0 saturated carbocycles. The highest BCUT2D eigenvalue weighted by molar-refractivity contribution is 6.25. The van der Waals surface area contributed by atoms with Gasteiger partial charge in [-0.15, -0.1) is 0 Å². The van der Waals surface area contributed by atoms with Gasteiger partial charge in [0.25, 0.3) is 11.8 Å². The number of rotatable bonds is 4. The average molecular weight is 364 g/mol. The van der Waals surface area contributed by atoms with Gasteiger partial charge < -0.3 is 4.74 Å². The van der Waals surface area contributed by atoms with Crippen LogP contribution in [0.2, 0.25) is 0 Å². The number of benzene rings is 2. The van der Waals surface area contributed by atoms with Crippen LogP contribution in [0, 0.1) is 13.8 Å². The van der Waals surface area contributed by atoms with Gasteiger partial charge in [0.1, 0.15) is 5.75 Å². The smallest absolute Gasteiger partial charge is 0.263 e. The molecule has 138 valence electrons. The van der Waals surface area contributed by atoms with Crippen LogP contribution in [0.3, 0.4) is 0 Å². The van der Waals surface area contributed by atoms with Gasteiger partial charge in [-0.05, 0) is 49.2 Å². The average Bonchev–Trinajstić information content (AvgIpc) is 3.18. The standard InChI is InChI=1S/C20H20N4O3/c1-12-4-5-13(2)14(10-12)11-23-18-17(21-22-23)19(25)24(20(18)26)15-6-8-16(27-3)9-7-15/h4-10,17-18H,11H2,1-3H3/t17-,18-/m0/s1. The zero-order valence-corrected chi connectivity index (χ0v) is 15.4. The number of methoxy groups -OCH3 is 1. The minimum absolute atomic E-state index is 0.300. The number of anilines is 1. The van der Waals surface area contributed by atoms with E-state index in [-0.39, 0.29) is 11.8 Å². The molecule has 2 aliphatic rings. The lowest BCUT2D eigenvalue weighted by atomic mass is 10.0. The van der Waals surface area contributed by atoms with Crippen LogP contribution in [-0.4, -0.2) is 36.0 Å². The quantitative estimate of drug-likeness (QED) is 0.782. The Bertz CT molecular complexity index is 939. The summed E-state index contributed by atoms with van der Waals surface area (Å²) in [6.07, 6.45) is 0. The molecule has 7 heteroatoms. The third-order valence-corrected chi connectivity index (χ3v) is 5.03. The molecule has 2 aromatic rings. The molecule has 2 atom stereocenters. The van der Waals surface area contributed by atoms with Gasteiger partial charge in [-0.2, -0.15) is 5.11 Å². The number of ether oxygens (including phenoxy) is 1. The first-order valence-electron chi connectivity index (χ1n) is 8.75. The molecule has 7 nitrogen and oxygen atoms in total. The highest BCUT2D eigenvalue weighted by Crippen LogP contribution is 2.33. The number of imide groups is 1. The number of carbonyl (C=O) groups excluding carboxylic acids is 2. The molecule has 0 bridgehead atoms. The molecule has 0 spiro atoms. The van der Waals surface area contributed by atoms with Crippen molar-refractivity contribution in [2.24, 2.45) is 10.3 Å². The number of nitrogens with zero attached hydrogens (tertiary/aromatic N) is 4. The molecule has 0 aromatic heterocycles. The molecule has 0 radical (unpaired) electrons. The van der Waals surface area contributed by atoms with Crippen LogP contribution in [0.1, 0.15) is 16.7 Å². The van der Waals surface area contributed by atoms with Gasteiger partial charge in [-0.3, -0.25) is 14.6 Å². The van der Waals surface area contributed by atoms with E-state index < -0.39 is 12.1 Å². The van der Waals surface area contributed by atoms with Gasteiger partial charge in [-0.1, -0.05) is 29.0 Å². The molecule has 2 aromatic carbocycles. The number of hydrogen-bond donors (Lipinski definition) is 0. The SMILES string of the molecule is COc1ccc(N2C(=O)[C@H]3N=NN(Cc4cc(C)ccc4C)[C@@H]3C2=O)cc1. The summed E-state index contributed by atoms with van der Waals surface area (Å²) < 4.78 is 5.13. The first-order valence-corrected chi connectivity index (χ1v) is 8.75. The van der Waals surface area contributed by atoms with E-state index in [1.807, 2.05) is 26.0 Å². The van der Waals surface area contributed by atoms with Crippen molar-refractivity contribution in [2.45, 2.75) is 32.5 Å². The zero-order chi connectivity index (χ0) is 19.1. The first-order chi connectivity index (χ1) is 13.0. The fraction of sp³-hybridized carbons (Fsp3) is 0.300. The number of amides is 2. The molecule has 4 rings (SSSR count). The first kappa shape index (κ1) is 17.2. The summed E-state index contributed by atoms with van der Waals surface area (Å²) in [5.74, 6) is 0.0159. The molecule has 1 saturated heterocycles. The Balaban J connectivity index is 1.60. The van der Waals surface area contributed by atoms with E-state index in [9.17, 15) is 9.59 Å². The van der Waals surface area contributed by atoms with Gasteiger partial charge in [-0.25, -0.2) is 4.90 Å². The molecule has 0 N–H and O–H groups in total. The minimum Gasteiger partial charge on any atom is -0.497 e. The van der Waals surface area contributed by atoms with Crippen molar-refractivity contribution >= 4 is 17.5 Å². The summed E-state index contributed by atoms with van der Waals surface area (Å²) in [6, 6.07) is 11.5. The predicted octanol–water partition coefficient (Wildman–Crippen LogP) is 2.81. The maximum atomic E-state index is 13.0. The van der Waals surface area contributed by atoms with E-state index in [1.54, 1.807) is 36.4 Å². The highest BCUT2D eigenvalue weighted by Gasteiger charge is 2.54. The molecular weight excluding hydrogens is 344 g/mol. The molecule has 27 heavy (non-hydrogen) atoms. The van der Waals surface area contributed by atoms with Crippen molar-refractivity contribution in [3.63, 3.8) is 0 Å². The van der Waals surface area contributed by atoms with Gasteiger partial charge in [0.2, 0.25) is 0 Å². The van der Waals surface area contributed by atoms with Gasteiger partial charge >= 0.3 is 0 Å². The van der Waals surface area contributed by atoms with Crippen molar-refractivity contribution in [2.75, 3.05) is 12.0 Å². The van der Waals surface area contributed by atoms with Gasteiger partial charge in [0.15, 0.2) is 12.1 Å². The second kappa shape index (κ2) is 6.50. The van der Waals surface area contributed by atoms with Crippen molar-refractivity contribution in [1.82, 2.24) is 5.01 Å². The zero-order valence-electron chi connectivity index (χ0n) is 15.4. The summed E-state index contributed by atoms with van der Waals surface area (Å²) in [7, 11) is 1.57. The number of fused-ring (bicyclic) bond motifs is 1. The molecule has 1 fully saturated rings. The molecule has 2 heterocycles. The van der Waals surface area contributed by atoms with Crippen LogP contribution in [-0.2, 0) is 16.1 Å². The molecule has 0 unspecified atom stereocenters. The fourth-order valence-electron chi connectivity index (χ4n) is 3.48. The molecule has 0 aliphatic carbocycles. The lowest BCUT2D eigenvalue weighted by Gasteiger charge is -2.21. The summed E-state index contributed by atoms with van der Waals surface area (Å²) in [5.41, 5.74) is 3.83. The lowest BCUT2D eigenvalue weighted by Crippen LogP contribution is -2.39. The topological polar surface area (TPSA) is 74.6 Å². The number of carbonyl (C=O) groups is 2. The van der Waals surface area contributed by atoms with Gasteiger partial charge in [0, 0.05) is 0 Å². The normalized spacial score (nSPS) is 21.1. The van der Waals surface area contributed by atoms with Crippen LogP contribution in [0.4, 0.5) is 5.69 Å². The Morgan fingerprint density at radius 2 is 1.78 bits per heavy atom. The molecule has 2 amide bonds. The van der Waals surface area contributed by atoms with E-state index in [0.29, 0.717) is 18.0 Å². The third-order valence-electron chi connectivity index (χ3n) is 5.03. The van der Waals surface area contributed by atoms with Crippen molar-refractivity contribution in [3.05, 3.63) is 59.2 Å². The Labute approximate surface area is 157 Å². The number of hydrogen-bond acceptors (Lipinski definition) is 6. The molecular formula is C20H20N4O3. The second-order valence-corrected chi connectivity index (χ2v) is 6.83. The van der Waals surface area contributed by atoms with Crippen molar-refractivity contribution < 1.29 is 14.3 Å². The lowest BCUT2D eigenvalue weighted by molar-refractivity contribution is -0.123. The van der Waals surface area contributed by atoms with Crippen LogP contribution >= 0.6 is 0 Å². The summed E-state index contributed by atoms with van der Waals surface area (Å²) in [4.78, 5) is 27.0. The molecule has 2 aliphatic heterocycles. The summed E-state index contributed by atoms with van der Waals surface area (Å²) >= 11 is 0. The van der Waals surface area contributed by atoms with E-state index >= 15 is 0 Å². The van der Waals surface area contributed by atoms with Crippen molar-refractivity contribution in [3.8, 4) is 5.75 Å². The van der Waals surface area contributed by atoms with Crippen LogP contribution in [0.25, 0.3) is 0 Å². The second-order valence-electron chi connectivity index (χ2n) is 6.83. The fourth-order valence-corrected chi connectivity index (χ4v) is 3.48. The maximum absolute atomic E-state index is 13.0. The van der Waals surface area contributed by atoms with Crippen LogP contribution < -0.4 is 9.64 Å². The summed E-state index contributed by atoms with van der Waals surface area (Å²) in [5, 5.41) is 9.82. The Kier molecular flexibility index (Phi) is 4.14. The van der Waals surface area contributed by atoms with E-state index in [1.165, 1.54) is 4.90 Å².